The number of hydrogen-bond acceptors (Lipinski definition) is 3. The van der Waals surface area contributed by atoms with E-state index in [1.165, 1.54) is 6.07 Å². The molecule has 0 aliphatic heterocycles. The molecule has 0 atom stereocenters. The summed E-state index contributed by atoms with van der Waals surface area (Å²) in [6.45, 7) is 0. The lowest BCUT2D eigenvalue weighted by Gasteiger charge is -2.08. The van der Waals surface area contributed by atoms with Crippen LogP contribution >= 0.6 is 15.9 Å². The van der Waals surface area contributed by atoms with Crippen LogP contribution in [0.15, 0.2) is 12.1 Å². The van der Waals surface area contributed by atoms with Crippen LogP contribution in [0.5, 0.6) is 5.88 Å². The summed E-state index contributed by atoms with van der Waals surface area (Å²) in [5.74, 6) is -0.629. The third kappa shape index (κ3) is 3.75. The molecule has 0 saturated carbocycles. The maximum atomic E-state index is 11.9. The van der Waals surface area contributed by atoms with Gasteiger partial charge in [0.15, 0.2) is 0 Å². The van der Waals surface area contributed by atoms with Crippen LogP contribution in [0.25, 0.3) is 0 Å². The van der Waals surface area contributed by atoms with Crippen LogP contribution in [0.3, 0.4) is 0 Å². The second-order valence-corrected chi connectivity index (χ2v) is 3.04. The monoisotopic (exact) mass is 280 g/mol. The molecule has 15 heavy (non-hydrogen) atoms. The number of nitrogens with zero attached hydrogens (tertiary/aromatic N) is 2. The number of aromatic nitrogens is 1. The zero-order chi connectivity index (χ0) is 11.5. The van der Waals surface area contributed by atoms with Crippen LogP contribution in [0, 0.1) is 11.3 Å². The fraction of sp³-hybridized carbons (Fsp3) is 0.250. The molecule has 0 radical (unpaired) electrons. The van der Waals surface area contributed by atoms with E-state index in [1.807, 2.05) is 0 Å². The second kappa shape index (κ2) is 4.49. The number of ether oxygens (including phenoxy) is 1. The fourth-order valence-electron chi connectivity index (χ4n) is 0.864. The number of alkyl halides is 4. The van der Waals surface area contributed by atoms with Gasteiger partial charge < -0.3 is 4.74 Å². The minimum absolute atomic E-state index is 0.0682. The first-order valence-electron chi connectivity index (χ1n) is 3.67. The predicted octanol–water partition coefficient (Wildman–Crippen LogP) is 2.75. The Morgan fingerprint density at radius 2 is 2.13 bits per heavy atom. The first kappa shape index (κ1) is 11.8. The SMILES string of the molecule is N#Cc1cc(CBr)nc(OC(F)(F)F)c1. The third-order valence-electron chi connectivity index (χ3n) is 1.34. The number of rotatable bonds is 2. The van der Waals surface area contributed by atoms with E-state index in [2.05, 4.69) is 25.7 Å². The lowest BCUT2D eigenvalue weighted by Crippen LogP contribution is -2.18. The van der Waals surface area contributed by atoms with Crippen LogP contribution in [-0.2, 0) is 5.33 Å². The molecule has 3 nitrogen and oxygen atoms in total. The molecular formula is C8H4BrF3N2O. The zero-order valence-electron chi connectivity index (χ0n) is 7.18. The maximum absolute atomic E-state index is 11.9. The first-order valence-corrected chi connectivity index (χ1v) is 4.79. The highest BCUT2D eigenvalue weighted by molar-refractivity contribution is 9.08. The minimum Gasteiger partial charge on any atom is -0.388 e. The summed E-state index contributed by atoms with van der Waals surface area (Å²) >= 11 is 3.03. The van der Waals surface area contributed by atoms with Gasteiger partial charge in [0.1, 0.15) is 0 Å². The third-order valence-corrected chi connectivity index (χ3v) is 1.92. The molecule has 0 spiro atoms. The quantitative estimate of drug-likeness (QED) is 0.783. The Morgan fingerprint density at radius 1 is 1.47 bits per heavy atom. The molecule has 0 fully saturated rings. The number of pyridine rings is 1. The molecule has 1 rings (SSSR count). The summed E-state index contributed by atoms with van der Waals surface area (Å²) in [5.41, 5.74) is 0.368. The van der Waals surface area contributed by atoms with Crippen molar-refractivity contribution in [1.29, 1.82) is 5.26 Å². The zero-order valence-corrected chi connectivity index (χ0v) is 8.76. The van der Waals surface area contributed by atoms with Crippen molar-refractivity contribution >= 4 is 15.9 Å². The summed E-state index contributed by atoms with van der Waals surface area (Å²) < 4.78 is 39.2. The van der Waals surface area contributed by atoms with Crippen LogP contribution < -0.4 is 4.74 Å². The largest absolute Gasteiger partial charge is 0.574 e. The summed E-state index contributed by atoms with van der Waals surface area (Å²) in [7, 11) is 0. The van der Waals surface area contributed by atoms with Gasteiger partial charge >= 0.3 is 6.36 Å². The van der Waals surface area contributed by atoms with E-state index >= 15 is 0 Å². The van der Waals surface area contributed by atoms with Crippen molar-refractivity contribution < 1.29 is 17.9 Å². The Kier molecular flexibility index (Phi) is 3.52. The summed E-state index contributed by atoms with van der Waals surface area (Å²) in [6.07, 6.45) is -4.80. The fourth-order valence-corrected chi connectivity index (χ4v) is 1.15. The Balaban J connectivity index is 3.03. The van der Waals surface area contributed by atoms with Gasteiger partial charge in [0.2, 0.25) is 5.88 Å². The summed E-state index contributed by atoms with van der Waals surface area (Å²) in [6, 6.07) is 4.02. The normalized spacial score (nSPS) is 10.9. The molecule has 0 amide bonds. The Morgan fingerprint density at radius 3 is 2.60 bits per heavy atom. The smallest absolute Gasteiger partial charge is 0.388 e. The van der Waals surface area contributed by atoms with Crippen LogP contribution in [0.1, 0.15) is 11.3 Å². The molecule has 1 aromatic rings. The number of hydrogen-bond donors (Lipinski definition) is 0. The molecular weight excluding hydrogens is 277 g/mol. The molecule has 0 saturated heterocycles. The molecule has 0 N–H and O–H groups in total. The van der Waals surface area contributed by atoms with Gasteiger partial charge in [-0.05, 0) is 6.07 Å². The standard InChI is InChI=1S/C8H4BrF3N2O/c9-3-6-1-5(4-13)2-7(14-6)15-8(10,11)12/h1-2H,3H2. The lowest BCUT2D eigenvalue weighted by molar-refractivity contribution is -0.276. The molecule has 7 heteroatoms. The van der Waals surface area contributed by atoms with E-state index in [4.69, 9.17) is 5.26 Å². The summed E-state index contributed by atoms with van der Waals surface area (Å²) in [5, 5.41) is 8.80. The molecule has 80 valence electrons. The molecule has 1 aromatic heterocycles. The molecule has 0 bridgehead atoms. The van der Waals surface area contributed by atoms with Crippen molar-refractivity contribution in [2.24, 2.45) is 0 Å². The second-order valence-electron chi connectivity index (χ2n) is 2.48. The van der Waals surface area contributed by atoms with Crippen molar-refractivity contribution in [3.63, 3.8) is 0 Å². The van der Waals surface area contributed by atoms with Gasteiger partial charge in [-0.2, -0.15) is 5.26 Å². The minimum atomic E-state index is -4.80. The Bertz CT molecular complexity index is 400. The highest BCUT2D eigenvalue weighted by Gasteiger charge is 2.32. The van der Waals surface area contributed by atoms with E-state index in [1.54, 1.807) is 6.07 Å². The van der Waals surface area contributed by atoms with Crippen LogP contribution in [-0.4, -0.2) is 11.3 Å². The predicted molar refractivity (Wildman–Crippen MR) is 48.3 cm³/mol. The first-order chi connectivity index (χ1) is 6.94. The molecule has 0 aromatic carbocycles. The van der Waals surface area contributed by atoms with E-state index in [9.17, 15) is 13.2 Å². The van der Waals surface area contributed by atoms with Gasteiger partial charge in [-0.3, -0.25) is 0 Å². The van der Waals surface area contributed by atoms with Crippen LogP contribution in [0.4, 0.5) is 13.2 Å². The van der Waals surface area contributed by atoms with E-state index < -0.39 is 12.2 Å². The highest BCUT2D eigenvalue weighted by atomic mass is 79.9. The van der Waals surface area contributed by atoms with E-state index in [0.29, 0.717) is 5.69 Å². The Hall–Kier alpha value is -1.29. The molecule has 0 aliphatic carbocycles. The van der Waals surface area contributed by atoms with Crippen molar-refractivity contribution in [2.75, 3.05) is 0 Å². The average Bonchev–Trinajstić information content (AvgIpc) is 2.14. The summed E-state index contributed by atoms with van der Waals surface area (Å²) in [4.78, 5) is 3.54. The Labute approximate surface area is 91.6 Å². The maximum Gasteiger partial charge on any atom is 0.574 e. The number of halogens is 4. The van der Waals surface area contributed by atoms with E-state index in [0.717, 1.165) is 6.07 Å². The topological polar surface area (TPSA) is 45.9 Å². The number of nitriles is 1. The highest BCUT2D eigenvalue weighted by Crippen LogP contribution is 2.22. The van der Waals surface area contributed by atoms with E-state index in [-0.39, 0.29) is 10.9 Å². The molecule has 1 heterocycles. The van der Waals surface area contributed by atoms with Gasteiger partial charge in [0.05, 0.1) is 17.3 Å². The van der Waals surface area contributed by atoms with Gasteiger partial charge in [-0.25, -0.2) is 4.98 Å². The van der Waals surface area contributed by atoms with Crippen molar-refractivity contribution in [1.82, 2.24) is 4.98 Å². The lowest BCUT2D eigenvalue weighted by atomic mass is 10.2. The van der Waals surface area contributed by atoms with Gasteiger partial charge in [0.25, 0.3) is 0 Å². The molecule has 0 aliphatic rings. The molecule has 0 unspecified atom stereocenters. The average molecular weight is 281 g/mol. The van der Waals surface area contributed by atoms with Gasteiger partial charge in [-0.1, -0.05) is 15.9 Å². The van der Waals surface area contributed by atoms with Gasteiger partial charge in [-0.15, -0.1) is 13.2 Å². The van der Waals surface area contributed by atoms with Crippen LogP contribution in [0.2, 0.25) is 0 Å². The van der Waals surface area contributed by atoms with Crippen molar-refractivity contribution in [3.8, 4) is 11.9 Å². The van der Waals surface area contributed by atoms with Crippen molar-refractivity contribution in [3.05, 3.63) is 23.4 Å². The van der Waals surface area contributed by atoms with Crippen molar-refractivity contribution in [2.45, 2.75) is 11.7 Å². The van der Waals surface area contributed by atoms with Gasteiger partial charge in [0, 0.05) is 11.4 Å².